The lowest BCUT2D eigenvalue weighted by Gasteiger charge is -2.28. The van der Waals surface area contributed by atoms with Crippen LogP contribution in [0.2, 0.25) is 0 Å². The molecule has 1 aliphatic rings. The van der Waals surface area contributed by atoms with Crippen LogP contribution in [0.4, 0.5) is 0 Å². The molecule has 1 rings (SSSR count). The molecule has 2 N–H and O–H groups in total. The third kappa shape index (κ3) is 2.97. The Kier molecular flexibility index (Phi) is 4.36. The zero-order chi connectivity index (χ0) is 12.3. The van der Waals surface area contributed by atoms with Gasteiger partial charge in [0.25, 0.3) is 0 Å². The van der Waals surface area contributed by atoms with Gasteiger partial charge in [0, 0.05) is 0 Å². The summed E-state index contributed by atoms with van der Waals surface area (Å²) in [6.07, 6.45) is 4.93. The van der Waals surface area contributed by atoms with E-state index in [9.17, 15) is 9.90 Å². The van der Waals surface area contributed by atoms with E-state index in [-0.39, 0.29) is 5.92 Å². The molecule has 3 unspecified atom stereocenters. The highest BCUT2D eigenvalue weighted by molar-refractivity contribution is 5.76. The molecule has 0 aromatic rings. The lowest BCUT2D eigenvalue weighted by Crippen LogP contribution is -2.42. The second-order valence-corrected chi connectivity index (χ2v) is 5.66. The van der Waals surface area contributed by atoms with Crippen molar-refractivity contribution in [2.45, 2.75) is 58.5 Å². The van der Waals surface area contributed by atoms with Crippen molar-refractivity contribution in [3.05, 3.63) is 0 Å². The van der Waals surface area contributed by atoms with Gasteiger partial charge in [-0.25, -0.2) is 4.79 Å². The van der Waals surface area contributed by atoms with Crippen molar-refractivity contribution < 1.29 is 15.0 Å². The average Bonchev–Trinajstić information content (AvgIpc) is 2.42. The predicted molar refractivity (Wildman–Crippen MR) is 63.2 cm³/mol. The first-order chi connectivity index (χ1) is 7.35. The van der Waals surface area contributed by atoms with Gasteiger partial charge in [-0.1, -0.05) is 26.7 Å². The van der Waals surface area contributed by atoms with Gasteiger partial charge in [0.05, 0.1) is 0 Å². The first-order valence-electron chi connectivity index (χ1n) is 6.31. The normalized spacial score (nSPS) is 30.8. The highest BCUT2D eigenvalue weighted by Gasteiger charge is 2.40. The van der Waals surface area contributed by atoms with Crippen molar-refractivity contribution in [2.75, 3.05) is 0 Å². The largest absolute Gasteiger partial charge is 0.479 e. The second-order valence-electron chi connectivity index (χ2n) is 5.66. The zero-order valence-electron chi connectivity index (χ0n) is 10.6. The molecule has 1 fully saturated rings. The summed E-state index contributed by atoms with van der Waals surface area (Å²) in [7, 11) is 0. The Morgan fingerprint density at radius 1 is 1.25 bits per heavy atom. The van der Waals surface area contributed by atoms with Crippen LogP contribution < -0.4 is 0 Å². The van der Waals surface area contributed by atoms with Gasteiger partial charge in [0.1, 0.15) is 0 Å². The summed E-state index contributed by atoms with van der Waals surface area (Å²) in [4.78, 5) is 11.0. The Hall–Kier alpha value is -0.570. The molecule has 0 amide bonds. The third-order valence-corrected chi connectivity index (χ3v) is 4.18. The van der Waals surface area contributed by atoms with E-state index in [4.69, 9.17) is 5.11 Å². The number of rotatable bonds is 3. The van der Waals surface area contributed by atoms with Crippen molar-refractivity contribution in [3.63, 3.8) is 0 Å². The van der Waals surface area contributed by atoms with Crippen molar-refractivity contribution in [2.24, 2.45) is 17.8 Å². The van der Waals surface area contributed by atoms with Crippen LogP contribution in [0.15, 0.2) is 0 Å². The van der Waals surface area contributed by atoms with E-state index >= 15 is 0 Å². The van der Waals surface area contributed by atoms with Gasteiger partial charge in [-0.3, -0.25) is 0 Å². The minimum Gasteiger partial charge on any atom is -0.479 e. The SMILES string of the molecule is CC(C)C1CCCC(C(C)(O)C(=O)O)CC1. The van der Waals surface area contributed by atoms with Gasteiger partial charge < -0.3 is 10.2 Å². The van der Waals surface area contributed by atoms with Crippen LogP contribution in [0.3, 0.4) is 0 Å². The molecule has 0 aromatic heterocycles. The first-order valence-corrected chi connectivity index (χ1v) is 6.31. The summed E-state index contributed by atoms with van der Waals surface area (Å²) in [5, 5.41) is 19.0. The van der Waals surface area contributed by atoms with Gasteiger partial charge >= 0.3 is 5.97 Å². The topological polar surface area (TPSA) is 57.5 Å². The van der Waals surface area contributed by atoms with Crippen molar-refractivity contribution in [1.29, 1.82) is 0 Å². The Bertz CT molecular complexity index is 246. The minimum absolute atomic E-state index is 0.0891. The average molecular weight is 228 g/mol. The number of carboxylic acid groups (broad SMARTS) is 1. The Morgan fingerprint density at radius 2 is 1.88 bits per heavy atom. The summed E-state index contributed by atoms with van der Waals surface area (Å²) >= 11 is 0. The summed E-state index contributed by atoms with van der Waals surface area (Å²) in [5.74, 6) is 0.178. The summed E-state index contributed by atoms with van der Waals surface area (Å²) in [6.45, 7) is 5.89. The van der Waals surface area contributed by atoms with Gasteiger partial charge in [0.2, 0.25) is 0 Å². The highest BCUT2D eigenvalue weighted by Crippen LogP contribution is 2.36. The van der Waals surface area contributed by atoms with Crippen LogP contribution >= 0.6 is 0 Å². The first kappa shape index (κ1) is 13.5. The van der Waals surface area contributed by atoms with Gasteiger partial charge in [-0.05, 0) is 43.9 Å². The van der Waals surface area contributed by atoms with E-state index in [2.05, 4.69) is 13.8 Å². The quantitative estimate of drug-likeness (QED) is 0.730. The molecular weight excluding hydrogens is 204 g/mol. The fraction of sp³-hybridized carbons (Fsp3) is 0.923. The molecule has 3 nitrogen and oxygen atoms in total. The van der Waals surface area contributed by atoms with Gasteiger partial charge in [-0.2, -0.15) is 0 Å². The van der Waals surface area contributed by atoms with E-state index < -0.39 is 11.6 Å². The molecular formula is C13H24O3. The molecule has 0 spiro atoms. The molecule has 1 saturated carbocycles. The molecule has 3 heteroatoms. The van der Waals surface area contributed by atoms with Gasteiger partial charge in [-0.15, -0.1) is 0 Å². The van der Waals surface area contributed by atoms with E-state index in [1.54, 1.807) is 0 Å². The number of hydrogen-bond acceptors (Lipinski definition) is 2. The highest BCUT2D eigenvalue weighted by atomic mass is 16.4. The van der Waals surface area contributed by atoms with Crippen LogP contribution in [0.25, 0.3) is 0 Å². The zero-order valence-corrected chi connectivity index (χ0v) is 10.6. The Balaban J connectivity index is 2.63. The maximum Gasteiger partial charge on any atom is 0.335 e. The molecule has 0 bridgehead atoms. The van der Waals surface area contributed by atoms with Crippen molar-refractivity contribution in [1.82, 2.24) is 0 Å². The number of carboxylic acids is 1. The van der Waals surface area contributed by atoms with E-state index in [0.717, 1.165) is 25.7 Å². The second kappa shape index (κ2) is 5.17. The maximum atomic E-state index is 11.0. The van der Waals surface area contributed by atoms with Crippen molar-refractivity contribution in [3.8, 4) is 0 Å². The fourth-order valence-electron chi connectivity index (χ4n) is 2.73. The number of aliphatic hydroxyl groups is 1. The minimum atomic E-state index is -1.55. The predicted octanol–water partition coefficient (Wildman–Crippen LogP) is 2.67. The molecule has 0 saturated heterocycles. The van der Waals surface area contributed by atoms with Crippen LogP contribution in [-0.2, 0) is 4.79 Å². The van der Waals surface area contributed by atoms with Crippen LogP contribution in [0, 0.1) is 17.8 Å². The number of hydrogen-bond donors (Lipinski definition) is 2. The molecule has 94 valence electrons. The Labute approximate surface area is 97.9 Å². The van der Waals surface area contributed by atoms with Crippen molar-refractivity contribution >= 4 is 5.97 Å². The lowest BCUT2D eigenvalue weighted by molar-refractivity contribution is -0.163. The van der Waals surface area contributed by atoms with E-state index in [0.29, 0.717) is 11.8 Å². The Morgan fingerprint density at radius 3 is 2.38 bits per heavy atom. The molecule has 0 aromatic carbocycles. The third-order valence-electron chi connectivity index (χ3n) is 4.18. The molecule has 3 atom stereocenters. The monoisotopic (exact) mass is 228 g/mol. The summed E-state index contributed by atoms with van der Waals surface area (Å²) < 4.78 is 0. The fourth-order valence-corrected chi connectivity index (χ4v) is 2.73. The number of aliphatic carboxylic acids is 1. The standard InChI is InChI=1S/C13H24O3/c1-9(2)10-5-4-6-11(8-7-10)13(3,16)12(14)15/h9-11,16H,4-8H2,1-3H3,(H,14,15). The molecule has 16 heavy (non-hydrogen) atoms. The molecule has 0 aliphatic heterocycles. The van der Waals surface area contributed by atoms with Crippen LogP contribution in [0.5, 0.6) is 0 Å². The maximum absolute atomic E-state index is 11.0. The van der Waals surface area contributed by atoms with E-state index in [1.807, 2.05) is 0 Å². The molecule has 0 radical (unpaired) electrons. The summed E-state index contributed by atoms with van der Waals surface area (Å²) in [5.41, 5.74) is -1.55. The number of carbonyl (C=O) groups is 1. The van der Waals surface area contributed by atoms with Crippen LogP contribution in [-0.4, -0.2) is 21.8 Å². The molecule has 1 aliphatic carbocycles. The van der Waals surface area contributed by atoms with Crippen LogP contribution in [0.1, 0.15) is 52.9 Å². The smallest absolute Gasteiger partial charge is 0.335 e. The lowest BCUT2D eigenvalue weighted by atomic mass is 9.82. The molecule has 0 heterocycles. The van der Waals surface area contributed by atoms with E-state index in [1.165, 1.54) is 13.3 Å². The summed E-state index contributed by atoms with van der Waals surface area (Å²) in [6, 6.07) is 0. The van der Waals surface area contributed by atoms with Gasteiger partial charge in [0.15, 0.2) is 5.60 Å².